The van der Waals surface area contributed by atoms with Gasteiger partial charge in [-0.05, 0) is 36.8 Å². The molecule has 0 fully saturated rings. The van der Waals surface area contributed by atoms with Gasteiger partial charge in [0.2, 0.25) is 0 Å². The van der Waals surface area contributed by atoms with Crippen molar-refractivity contribution < 1.29 is 10.2 Å². The first-order valence-electron chi connectivity index (χ1n) is 8.80. The number of rotatable bonds is 12. The third-order valence-corrected chi connectivity index (χ3v) is 4.22. The average Bonchev–Trinajstić information content (AvgIpc) is 2.51. The molecular weight excluding hydrogens is 274 g/mol. The van der Waals surface area contributed by atoms with Crippen molar-refractivity contribution >= 4 is 0 Å². The number of hydrogen-bond acceptors (Lipinski definition) is 3. The van der Waals surface area contributed by atoms with Gasteiger partial charge in [-0.2, -0.15) is 0 Å². The number of aryl methyl sites for hydroxylation is 1. The van der Waals surface area contributed by atoms with Gasteiger partial charge in [0.25, 0.3) is 0 Å². The molecule has 4 N–H and O–H groups in total. The molecule has 0 aromatic heterocycles. The van der Waals surface area contributed by atoms with Gasteiger partial charge < -0.3 is 15.9 Å². The Balaban J connectivity index is 2.30. The summed E-state index contributed by atoms with van der Waals surface area (Å²) in [6.45, 7) is 2.25. The molecule has 0 bridgehead atoms. The molecule has 0 saturated heterocycles. The summed E-state index contributed by atoms with van der Waals surface area (Å²) in [7, 11) is 0. The summed E-state index contributed by atoms with van der Waals surface area (Å²) in [5.41, 5.74) is 8.53. The highest BCUT2D eigenvalue weighted by Crippen LogP contribution is 2.19. The Morgan fingerprint density at radius 1 is 1.00 bits per heavy atom. The minimum absolute atomic E-state index is 0.00504. The molecule has 1 aromatic rings. The van der Waals surface area contributed by atoms with Crippen LogP contribution in [0.5, 0.6) is 0 Å². The summed E-state index contributed by atoms with van der Waals surface area (Å²) >= 11 is 0. The predicted molar refractivity (Wildman–Crippen MR) is 92.8 cm³/mol. The second-order valence-corrected chi connectivity index (χ2v) is 6.27. The van der Waals surface area contributed by atoms with E-state index in [1.54, 1.807) is 0 Å². The van der Waals surface area contributed by atoms with Crippen LogP contribution < -0.4 is 5.73 Å². The lowest BCUT2D eigenvalue weighted by Gasteiger charge is -2.16. The van der Waals surface area contributed by atoms with Crippen molar-refractivity contribution in [3.05, 3.63) is 35.4 Å². The van der Waals surface area contributed by atoms with Gasteiger partial charge in [0.05, 0.1) is 6.10 Å². The van der Waals surface area contributed by atoms with Crippen molar-refractivity contribution in [3.63, 3.8) is 0 Å². The SMILES string of the molecule is CCCCCCCCc1ccc(C(N)CC(O)CCO)cc1. The van der Waals surface area contributed by atoms with Crippen LogP contribution in [0.3, 0.4) is 0 Å². The van der Waals surface area contributed by atoms with Crippen LogP contribution in [0.2, 0.25) is 0 Å². The fourth-order valence-corrected chi connectivity index (χ4v) is 2.74. The first kappa shape index (κ1) is 19.1. The summed E-state index contributed by atoms with van der Waals surface area (Å²) < 4.78 is 0. The molecule has 1 aromatic carbocycles. The molecule has 3 nitrogen and oxygen atoms in total. The van der Waals surface area contributed by atoms with Crippen molar-refractivity contribution in [2.45, 2.75) is 76.9 Å². The van der Waals surface area contributed by atoms with Gasteiger partial charge in [-0.3, -0.25) is 0 Å². The van der Waals surface area contributed by atoms with Gasteiger partial charge in [-0.15, -0.1) is 0 Å². The first-order chi connectivity index (χ1) is 10.7. The van der Waals surface area contributed by atoms with Gasteiger partial charge >= 0.3 is 0 Å². The quantitative estimate of drug-likeness (QED) is 0.516. The lowest BCUT2D eigenvalue weighted by Crippen LogP contribution is -2.19. The van der Waals surface area contributed by atoms with Gasteiger partial charge in [0, 0.05) is 12.6 Å². The highest BCUT2D eigenvalue weighted by Gasteiger charge is 2.12. The van der Waals surface area contributed by atoms with E-state index in [4.69, 9.17) is 10.8 Å². The van der Waals surface area contributed by atoms with E-state index in [0.717, 1.165) is 12.0 Å². The third-order valence-electron chi connectivity index (χ3n) is 4.22. The standard InChI is InChI=1S/C19H33NO2/c1-2-3-4-5-6-7-8-16-9-11-17(12-10-16)19(20)15-18(22)13-14-21/h9-12,18-19,21-22H,2-8,13-15,20H2,1H3. The number of unbranched alkanes of at least 4 members (excludes halogenated alkanes) is 5. The third kappa shape index (κ3) is 7.92. The minimum Gasteiger partial charge on any atom is -0.396 e. The Bertz CT molecular complexity index is 378. The zero-order valence-electron chi connectivity index (χ0n) is 14.0. The average molecular weight is 307 g/mol. The monoisotopic (exact) mass is 307 g/mol. The topological polar surface area (TPSA) is 66.5 Å². The molecule has 2 unspecified atom stereocenters. The van der Waals surface area contributed by atoms with Crippen LogP contribution in [0.25, 0.3) is 0 Å². The van der Waals surface area contributed by atoms with E-state index in [1.165, 1.54) is 44.1 Å². The number of aliphatic hydroxyl groups is 2. The predicted octanol–water partition coefficient (Wildman–Crippen LogP) is 3.72. The maximum Gasteiger partial charge on any atom is 0.0580 e. The van der Waals surface area contributed by atoms with E-state index in [0.29, 0.717) is 12.8 Å². The van der Waals surface area contributed by atoms with Crippen molar-refractivity contribution in [1.82, 2.24) is 0 Å². The fourth-order valence-electron chi connectivity index (χ4n) is 2.74. The molecule has 2 atom stereocenters. The van der Waals surface area contributed by atoms with Gasteiger partial charge in [0.1, 0.15) is 0 Å². The van der Waals surface area contributed by atoms with E-state index in [1.807, 2.05) is 0 Å². The van der Waals surface area contributed by atoms with Crippen molar-refractivity contribution in [2.75, 3.05) is 6.61 Å². The molecule has 126 valence electrons. The molecule has 3 heteroatoms. The van der Waals surface area contributed by atoms with Crippen LogP contribution in [0.1, 0.15) is 75.5 Å². The Morgan fingerprint density at radius 3 is 2.27 bits per heavy atom. The van der Waals surface area contributed by atoms with E-state index in [-0.39, 0.29) is 12.6 Å². The normalized spacial score (nSPS) is 14.0. The lowest BCUT2D eigenvalue weighted by atomic mass is 9.97. The molecule has 0 amide bonds. The number of benzene rings is 1. The maximum absolute atomic E-state index is 9.70. The van der Waals surface area contributed by atoms with E-state index >= 15 is 0 Å². The van der Waals surface area contributed by atoms with Gasteiger partial charge in [-0.25, -0.2) is 0 Å². The van der Waals surface area contributed by atoms with Gasteiger partial charge in [0.15, 0.2) is 0 Å². The zero-order valence-corrected chi connectivity index (χ0v) is 14.0. The van der Waals surface area contributed by atoms with Crippen LogP contribution in [0.15, 0.2) is 24.3 Å². The van der Waals surface area contributed by atoms with Gasteiger partial charge in [-0.1, -0.05) is 63.3 Å². The summed E-state index contributed by atoms with van der Waals surface area (Å²) in [6.07, 6.45) is 9.43. The summed E-state index contributed by atoms with van der Waals surface area (Å²) in [4.78, 5) is 0. The molecule has 0 spiro atoms. The van der Waals surface area contributed by atoms with Crippen molar-refractivity contribution in [2.24, 2.45) is 5.73 Å². The van der Waals surface area contributed by atoms with Crippen LogP contribution in [0, 0.1) is 0 Å². The van der Waals surface area contributed by atoms with E-state index < -0.39 is 6.10 Å². The second-order valence-electron chi connectivity index (χ2n) is 6.27. The van der Waals surface area contributed by atoms with Crippen LogP contribution in [-0.2, 0) is 6.42 Å². The Morgan fingerprint density at radius 2 is 1.64 bits per heavy atom. The smallest absolute Gasteiger partial charge is 0.0580 e. The molecule has 1 rings (SSSR count). The van der Waals surface area contributed by atoms with Crippen LogP contribution in [0.4, 0.5) is 0 Å². The summed E-state index contributed by atoms with van der Waals surface area (Å²) in [5, 5.41) is 18.5. The Kier molecular flexibility index (Phi) is 10.1. The summed E-state index contributed by atoms with van der Waals surface area (Å²) in [6, 6.07) is 8.29. The molecule has 0 radical (unpaired) electrons. The number of aliphatic hydroxyl groups excluding tert-OH is 2. The van der Waals surface area contributed by atoms with E-state index in [9.17, 15) is 5.11 Å². The number of nitrogens with two attached hydrogens (primary N) is 1. The molecule has 0 heterocycles. The largest absolute Gasteiger partial charge is 0.396 e. The highest BCUT2D eigenvalue weighted by molar-refractivity contribution is 5.25. The minimum atomic E-state index is -0.525. The van der Waals surface area contributed by atoms with Crippen molar-refractivity contribution in [3.8, 4) is 0 Å². The number of hydrogen-bond donors (Lipinski definition) is 3. The van der Waals surface area contributed by atoms with Crippen LogP contribution in [-0.4, -0.2) is 22.9 Å². The molecule has 0 saturated carbocycles. The molecule has 0 aliphatic heterocycles. The second kappa shape index (κ2) is 11.6. The zero-order chi connectivity index (χ0) is 16.2. The van der Waals surface area contributed by atoms with Crippen molar-refractivity contribution in [1.29, 1.82) is 0 Å². The molecule has 0 aliphatic rings. The first-order valence-corrected chi connectivity index (χ1v) is 8.80. The fraction of sp³-hybridized carbons (Fsp3) is 0.684. The highest BCUT2D eigenvalue weighted by atomic mass is 16.3. The molecule has 22 heavy (non-hydrogen) atoms. The maximum atomic E-state index is 9.70. The lowest BCUT2D eigenvalue weighted by molar-refractivity contribution is 0.118. The summed E-state index contributed by atoms with van der Waals surface area (Å²) in [5.74, 6) is 0. The van der Waals surface area contributed by atoms with E-state index in [2.05, 4.69) is 31.2 Å². The molecular formula is C19H33NO2. The Hall–Kier alpha value is -0.900. The van der Waals surface area contributed by atoms with Crippen LogP contribution >= 0.6 is 0 Å². The Labute approximate surface area is 135 Å². The molecule has 0 aliphatic carbocycles.